The average Bonchev–Trinajstić information content (AvgIpc) is 3.49. The number of hydrazone groups is 1. The van der Waals surface area contributed by atoms with Gasteiger partial charge in [-0.2, -0.15) is 5.10 Å². The topological polar surface area (TPSA) is 67.9 Å². The number of anilines is 1. The minimum absolute atomic E-state index is 0.0615. The SMILES string of the molecule is COc1ccc2c(c1)C(c1ccc(N)cc1)=NN(C(=O)C1CC1)C(C)=C2. The Morgan fingerprint density at radius 3 is 2.58 bits per heavy atom. The van der Waals surface area contributed by atoms with Gasteiger partial charge in [0.25, 0.3) is 0 Å². The van der Waals surface area contributed by atoms with Crippen molar-refractivity contribution in [2.75, 3.05) is 12.8 Å². The molecule has 5 nitrogen and oxygen atoms in total. The number of nitrogens with two attached hydrogens (primary N) is 1. The highest BCUT2D eigenvalue weighted by Crippen LogP contribution is 2.34. The molecule has 4 rings (SSSR count). The monoisotopic (exact) mass is 347 g/mol. The van der Waals surface area contributed by atoms with E-state index < -0.39 is 0 Å². The van der Waals surface area contributed by atoms with Crippen LogP contribution in [-0.4, -0.2) is 23.7 Å². The molecule has 2 aromatic rings. The van der Waals surface area contributed by atoms with Crippen molar-refractivity contribution in [1.29, 1.82) is 0 Å². The largest absolute Gasteiger partial charge is 0.497 e. The predicted molar refractivity (Wildman–Crippen MR) is 103 cm³/mol. The van der Waals surface area contributed by atoms with Crippen LogP contribution in [0.3, 0.4) is 0 Å². The van der Waals surface area contributed by atoms with Crippen molar-refractivity contribution in [2.24, 2.45) is 11.0 Å². The Labute approximate surface area is 152 Å². The van der Waals surface area contributed by atoms with Gasteiger partial charge in [-0.3, -0.25) is 4.79 Å². The molecule has 0 bridgehead atoms. The fourth-order valence-electron chi connectivity index (χ4n) is 3.09. The zero-order valence-corrected chi connectivity index (χ0v) is 14.9. The van der Waals surface area contributed by atoms with Gasteiger partial charge in [0.05, 0.1) is 12.8 Å². The number of hydrogen-bond acceptors (Lipinski definition) is 4. The molecule has 132 valence electrons. The van der Waals surface area contributed by atoms with Crippen LogP contribution in [0.15, 0.2) is 53.3 Å². The third kappa shape index (κ3) is 2.96. The molecule has 0 saturated heterocycles. The minimum atomic E-state index is 0.0615. The first-order valence-electron chi connectivity index (χ1n) is 8.72. The number of amides is 1. The van der Waals surface area contributed by atoms with Gasteiger partial charge in [-0.25, -0.2) is 5.01 Å². The van der Waals surface area contributed by atoms with E-state index in [0.717, 1.165) is 46.7 Å². The second-order valence-corrected chi connectivity index (χ2v) is 6.73. The molecule has 0 aromatic heterocycles. The Kier molecular flexibility index (Phi) is 3.99. The fourth-order valence-corrected chi connectivity index (χ4v) is 3.09. The van der Waals surface area contributed by atoms with E-state index in [9.17, 15) is 4.79 Å². The van der Waals surface area contributed by atoms with Crippen molar-refractivity contribution in [2.45, 2.75) is 19.8 Å². The van der Waals surface area contributed by atoms with Crippen LogP contribution in [0.1, 0.15) is 36.5 Å². The number of nitrogens with zero attached hydrogens (tertiary/aromatic N) is 2. The van der Waals surface area contributed by atoms with Gasteiger partial charge >= 0.3 is 0 Å². The lowest BCUT2D eigenvalue weighted by Crippen LogP contribution is -2.26. The molecule has 0 spiro atoms. The molecule has 26 heavy (non-hydrogen) atoms. The van der Waals surface area contributed by atoms with Crippen molar-refractivity contribution in [3.63, 3.8) is 0 Å². The summed E-state index contributed by atoms with van der Waals surface area (Å²) >= 11 is 0. The first-order chi connectivity index (χ1) is 12.6. The van der Waals surface area contributed by atoms with E-state index >= 15 is 0 Å². The molecule has 2 aliphatic rings. The summed E-state index contributed by atoms with van der Waals surface area (Å²) in [5, 5.41) is 6.32. The quantitative estimate of drug-likeness (QED) is 0.862. The van der Waals surface area contributed by atoms with E-state index in [2.05, 4.69) is 0 Å². The Bertz CT molecular complexity index is 925. The number of methoxy groups -OCH3 is 1. The molecule has 1 aliphatic carbocycles. The second-order valence-electron chi connectivity index (χ2n) is 6.73. The van der Waals surface area contributed by atoms with Gasteiger partial charge in [-0.15, -0.1) is 0 Å². The van der Waals surface area contributed by atoms with Crippen molar-refractivity contribution < 1.29 is 9.53 Å². The van der Waals surface area contributed by atoms with Crippen LogP contribution in [-0.2, 0) is 4.79 Å². The third-order valence-corrected chi connectivity index (χ3v) is 4.73. The second kappa shape index (κ2) is 6.33. The predicted octanol–water partition coefficient (Wildman–Crippen LogP) is 3.64. The maximum atomic E-state index is 12.8. The molecule has 0 radical (unpaired) electrons. The van der Waals surface area contributed by atoms with Crippen LogP contribution < -0.4 is 10.5 Å². The zero-order chi connectivity index (χ0) is 18.3. The first-order valence-corrected chi connectivity index (χ1v) is 8.72. The summed E-state index contributed by atoms with van der Waals surface area (Å²) in [6.07, 6.45) is 3.88. The molecular weight excluding hydrogens is 326 g/mol. The molecule has 1 fully saturated rings. The van der Waals surface area contributed by atoms with Crippen molar-refractivity contribution in [3.8, 4) is 5.75 Å². The molecular formula is C21H21N3O2. The van der Waals surface area contributed by atoms with Crippen LogP contribution in [0, 0.1) is 5.92 Å². The Hall–Kier alpha value is -3.08. The van der Waals surface area contributed by atoms with E-state index in [4.69, 9.17) is 15.6 Å². The van der Waals surface area contributed by atoms with E-state index in [1.165, 1.54) is 0 Å². The number of allylic oxidation sites excluding steroid dienone is 1. The Morgan fingerprint density at radius 1 is 1.19 bits per heavy atom. The van der Waals surface area contributed by atoms with E-state index in [1.54, 1.807) is 12.1 Å². The van der Waals surface area contributed by atoms with Crippen LogP contribution in [0.2, 0.25) is 0 Å². The standard InChI is InChI=1S/C21H21N3O2/c1-13-11-16-7-10-18(26-2)12-19(16)20(14-5-8-17(22)9-6-14)23-24(13)21(25)15-3-4-15/h5-12,15H,3-4,22H2,1-2H3. The summed E-state index contributed by atoms with van der Waals surface area (Å²) in [5.74, 6) is 0.900. The molecule has 0 atom stereocenters. The Balaban J connectivity index is 1.90. The van der Waals surface area contributed by atoms with Gasteiger partial charge in [0.1, 0.15) is 5.75 Å². The number of carbonyl (C=O) groups is 1. The third-order valence-electron chi connectivity index (χ3n) is 4.73. The van der Waals surface area contributed by atoms with Crippen LogP contribution in [0.4, 0.5) is 5.69 Å². The van der Waals surface area contributed by atoms with Crippen molar-refractivity contribution in [1.82, 2.24) is 5.01 Å². The number of fused-ring (bicyclic) bond motifs is 1. The highest BCUT2D eigenvalue weighted by molar-refractivity contribution is 6.16. The molecule has 2 aromatic carbocycles. The Morgan fingerprint density at radius 2 is 1.92 bits per heavy atom. The van der Waals surface area contributed by atoms with Gasteiger partial charge < -0.3 is 10.5 Å². The fraction of sp³-hybridized carbons (Fsp3) is 0.238. The lowest BCUT2D eigenvalue weighted by molar-refractivity contribution is -0.130. The van der Waals surface area contributed by atoms with Crippen molar-refractivity contribution in [3.05, 3.63) is 64.9 Å². The summed E-state index contributed by atoms with van der Waals surface area (Å²) in [4.78, 5) is 12.8. The van der Waals surface area contributed by atoms with Gasteiger partial charge in [0, 0.05) is 28.4 Å². The molecule has 0 unspecified atom stereocenters. The maximum absolute atomic E-state index is 12.8. The van der Waals surface area contributed by atoms with E-state index in [1.807, 2.05) is 55.5 Å². The first kappa shape index (κ1) is 16.4. The van der Waals surface area contributed by atoms with Gasteiger partial charge in [-0.05, 0) is 55.7 Å². The number of rotatable bonds is 3. The molecule has 5 heteroatoms. The number of nitrogen functional groups attached to an aromatic ring is 1. The maximum Gasteiger partial charge on any atom is 0.250 e. The van der Waals surface area contributed by atoms with Gasteiger partial charge in [0.15, 0.2) is 0 Å². The zero-order valence-electron chi connectivity index (χ0n) is 14.9. The molecule has 1 amide bonds. The highest BCUT2D eigenvalue weighted by atomic mass is 16.5. The smallest absolute Gasteiger partial charge is 0.250 e. The molecule has 1 heterocycles. The molecule has 1 aliphatic heterocycles. The summed E-state index contributed by atoms with van der Waals surface area (Å²) in [5.41, 5.74) is 10.9. The number of ether oxygens (including phenoxy) is 1. The van der Waals surface area contributed by atoms with Gasteiger partial charge in [0.2, 0.25) is 5.91 Å². The van der Waals surface area contributed by atoms with Crippen LogP contribution >= 0.6 is 0 Å². The van der Waals surface area contributed by atoms with Crippen LogP contribution in [0.5, 0.6) is 5.75 Å². The van der Waals surface area contributed by atoms with Gasteiger partial charge in [-0.1, -0.05) is 18.2 Å². The van der Waals surface area contributed by atoms with E-state index in [-0.39, 0.29) is 11.8 Å². The summed E-state index contributed by atoms with van der Waals surface area (Å²) in [7, 11) is 1.64. The summed E-state index contributed by atoms with van der Waals surface area (Å²) in [6.45, 7) is 1.92. The summed E-state index contributed by atoms with van der Waals surface area (Å²) in [6, 6.07) is 13.4. The number of hydrogen-bond donors (Lipinski definition) is 1. The lowest BCUT2D eigenvalue weighted by Gasteiger charge is -2.18. The number of benzene rings is 2. The molecule has 2 N–H and O–H groups in total. The normalized spacial score (nSPS) is 16.3. The van der Waals surface area contributed by atoms with E-state index in [0.29, 0.717) is 5.69 Å². The molecule has 1 saturated carbocycles. The highest BCUT2D eigenvalue weighted by Gasteiger charge is 2.35. The minimum Gasteiger partial charge on any atom is -0.497 e. The van der Waals surface area contributed by atoms with Crippen molar-refractivity contribution >= 4 is 23.4 Å². The number of carbonyl (C=O) groups excluding carboxylic acids is 1. The lowest BCUT2D eigenvalue weighted by atomic mass is 9.97. The summed E-state index contributed by atoms with van der Waals surface area (Å²) < 4.78 is 5.40. The average molecular weight is 347 g/mol. The van der Waals surface area contributed by atoms with Crippen LogP contribution in [0.25, 0.3) is 6.08 Å².